The summed E-state index contributed by atoms with van der Waals surface area (Å²) in [5.41, 5.74) is 2.07. The molecule has 0 atom stereocenters. The normalized spacial score (nSPS) is 11.2. The van der Waals surface area contributed by atoms with E-state index < -0.39 is 8.24 Å². The number of aryl methyl sites for hydroxylation is 1. The number of hydrogen-bond acceptors (Lipinski definition) is 3. The van der Waals surface area contributed by atoms with Crippen LogP contribution in [-0.2, 0) is 0 Å². The van der Waals surface area contributed by atoms with Crippen molar-refractivity contribution in [3.05, 3.63) is 33.9 Å². The van der Waals surface area contributed by atoms with Crippen molar-refractivity contribution < 1.29 is 4.92 Å². The summed E-state index contributed by atoms with van der Waals surface area (Å²) in [6, 6.07) is 4.92. The van der Waals surface area contributed by atoms with Crippen molar-refractivity contribution in [2.24, 2.45) is 0 Å². The van der Waals surface area contributed by atoms with Crippen LogP contribution in [-0.4, -0.2) is 13.2 Å². The summed E-state index contributed by atoms with van der Waals surface area (Å²) in [5, 5.41) is 10.5. The van der Waals surface area contributed by atoms with Gasteiger partial charge in [-0.3, -0.25) is 10.1 Å². The van der Waals surface area contributed by atoms with Crippen LogP contribution < -0.4 is 4.98 Å². The predicted molar refractivity (Wildman–Crippen MR) is 64.8 cm³/mol. The Hall–Kier alpha value is -1.36. The van der Waals surface area contributed by atoms with Crippen molar-refractivity contribution in [3.63, 3.8) is 0 Å². The molecule has 0 fully saturated rings. The number of nitrogens with one attached hydrogen (secondary N) is 1. The number of nitro groups is 1. The van der Waals surface area contributed by atoms with E-state index in [2.05, 4.69) is 24.6 Å². The number of rotatable bonds is 3. The van der Waals surface area contributed by atoms with E-state index in [1.165, 1.54) is 6.07 Å². The maximum atomic E-state index is 10.5. The summed E-state index contributed by atoms with van der Waals surface area (Å²) in [6.07, 6.45) is 0. The molecule has 15 heavy (non-hydrogen) atoms. The number of non-ortho nitro benzene ring substituents is 1. The van der Waals surface area contributed by atoms with Gasteiger partial charge in [0.05, 0.1) is 4.92 Å². The molecule has 1 N–H and O–H groups in total. The number of nitrogens with zero attached hydrogens (tertiary/aromatic N) is 1. The van der Waals surface area contributed by atoms with Crippen LogP contribution in [0.4, 0.5) is 11.4 Å². The molecule has 0 spiro atoms. The first-order valence-corrected chi connectivity index (χ1v) is 8.33. The Morgan fingerprint density at radius 2 is 1.93 bits per heavy atom. The van der Waals surface area contributed by atoms with Crippen LogP contribution in [0.25, 0.3) is 0 Å². The maximum absolute atomic E-state index is 10.5. The van der Waals surface area contributed by atoms with E-state index in [1.807, 2.05) is 6.92 Å². The molecule has 0 unspecified atom stereocenters. The third kappa shape index (κ3) is 3.36. The van der Waals surface area contributed by atoms with Crippen LogP contribution in [0.3, 0.4) is 0 Å². The first-order chi connectivity index (χ1) is 6.79. The molecular weight excluding hydrogens is 208 g/mol. The van der Waals surface area contributed by atoms with Gasteiger partial charge in [0, 0.05) is 17.8 Å². The van der Waals surface area contributed by atoms with E-state index in [0.29, 0.717) is 0 Å². The van der Waals surface area contributed by atoms with Gasteiger partial charge in [0.2, 0.25) is 0 Å². The topological polar surface area (TPSA) is 55.2 Å². The summed E-state index contributed by atoms with van der Waals surface area (Å²) in [5.74, 6) is 0. The Morgan fingerprint density at radius 3 is 2.33 bits per heavy atom. The van der Waals surface area contributed by atoms with Crippen LogP contribution in [0.5, 0.6) is 0 Å². The Balaban J connectivity index is 2.99. The Kier molecular flexibility index (Phi) is 3.14. The number of nitro benzene ring substituents is 1. The van der Waals surface area contributed by atoms with Crippen molar-refractivity contribution in [3.8, 4) is 0 Å². The standard InChI is InChI=1S/C10H16N2O2Si/c1-8-7-9(12(13)14)5-6-10(8)11-15(2,3)4/h5-7,11H,1-4H3. The molecule has 0 amide bonds. The molecule has 0 aliphatic heterocycles. The molecule has 0 aliphatic rings. The van der Waals surface area contributed by atoms with E-state index >= 15 is 0 Å². The smallest absolute Gasteiger partial charge is 0.269 e. The summed E-state index contributed by atoms with van der Waals surface area (Å²) >= 11 is 0. The minimum atomic E-state index is -1.39. The highest BCUT2D eigenvalue weighted by Crippen LogP contribution is 2.22. The van der Waals surface area contributed by atoms with Crippen molar-refractivity contribution >= 4 is 19.6 Å². The zero-order valence-corrected chi connectivity index (χ0v) is 10.5. The van der Waals surface area contributed by atoms with Gasteiger partial charge in [-0.05, 0) is 18.6 Å². The van der Waals surface area contributed by atoms with Crippen LogP contribution in [0, 0.1) is 17.0 Å². The van der Waals surface area contributed by atoms with Crippen LogP contribution in [0.1, 0.15) is 5.56 Å². The summed E-state index contributed by atoms with van der Waals surface area (Å²) in [7, 11) is -1.39. The van der Waals surface area contributed by atoms with Gasteiger partial charge in [0.1, 0.15) is 8.24 Å². The third-order valence-electron chi connectivity index (χ3n) is 1.93. The minimum absolute atomic E-state index is 0.147. The molecule has 0 saturated carbocycles. The lowest BCUT2D eigenvalue weighted by atomic mass is 10.2. The Bertz CT molecular complexity index is 385. The Morgan fingerprint density at radius 1 is 1.33 bits per heavy atom. The van der Waals surface area contributed by atoms with Crippen LogP contribution in [0.15, 0.2) is 18.2 Å². The van der Waals surface area contributed by atoms with Crippen molar-refractivity contribution in [1.82, 2.24) is 0 Å². The van der Waals surface area contributed by atoms with Gasteiger partial charge >= 0.3 is 0 Å². The zero-order valence-electron chi connectivity index (χ0n) is 9.50. The molecule has 1 aromatic carbocycles. The molecule has 4 nitrogen and oxygen atoms in total. The quantitative estimate of drug-likeness (QED) is 0.487. The first kappa shape index (κ1) is 11.7. The van der Waals surface area contributed by atoms with E-state index in [-0.39, 0.29) is 10.6 Å². The van der Waals surface area contributed by atoms with Gasteiger partial charge in [-0.1, -0.05) is 19.6 Å². The highest BCUT2D eigenvalue weighted by molar-refractivity contribution is 6.79. The van der Waals surface area contributed by atoms with Crippen molar-refractivity contribution in [2.45, 2.75) is 26.6 Å². The molecule has 0 saturated heterocycles. The third-order valence-corrected chi connectivity index (χ3v) is 2.95. The molecule has 82 valence electrons. The highest BCUT2D eigenvalue weighted by atomic mass is 28.3. The first-order valence-electron chi connectivity index (χ1n) is 4.83. The molecule has 0 aliphatic carbocycles. The second kappa shape index (κ2) is 4.02. The van der Waals surface area contributed by atoms with Gasteiger partial charge in [-0.25, -0.2) is 0 Å². The lowest BCUT2D eigenvalue weighted by Gasteiger charge is -2.21. The molecule has 0 heterocycles. The van der Waals surface area contributed by atoms with Crippen LogP contribution in [0.2, 0.25) is 19.6 Å². The number of benzene rings is 1. The van der Waals surface area contributed by atoms with Gasteiger partial charge in [0.15, 0.2) is 0 Å². The van der Waals surface area contributed by atoms with E-state index in [4.69, 9.17) is 0 Å². The fourth-order valence-electron chi connectivity index (χ4n) is 1.31. The predicted octanol–water partition coefficient (Wildman–Crippen LogP) is 3.15. The second-order valence-electron chi connectivity index (χ2n) is 4.63. The van der Waals surface area contributed by atoms with Crippen LogP contribution >= 0.6 is 0 Å². The highest BCUT2D eigenvalue weighted by Gasteiger charge is 2.15. The van der Waals surface area contributed by atoms with Gasteiger partial charge in [-0.2, -0.15) is 0 Å². The molecule has 0 radical (unpaired) electrons. The largest absolute Gasteiger partial charge is 0.411 e. The molecule has 1 rings (SSSR count). The fraction of sp³-hybridized carbons (Fsp3) is 0.400. The van der Waals surface area contributed by atoms with Crippen molar-refractivity contribution in [1.29, 1.82) is 0 Å². The van der Waals surface area contributed by atoms with Gasteiger partial charge in [-0.15, -0.1) is 0 Å². The number of anilines is 1. The minimum Gasteiger partial charge on any atom is -0.411 e. The fourth-order valence-corrected chi connectivity index (χ4v) is 2.39. The number of hydrogen-bond donors (Lipinski definition) is 1. The van der Waals surface area contributed by atoms with E-state index in [1.54, 1.807) is 12.1 Å². The molecule has 1 aromatic rings. The summed E-state index contributed by atoms with van der Waals surface area (Å²) < 4.78 is 0. The van der Waals surface area contributed by atoms with Crippen molar-refractivity contribution in [2.75, 3.05) is 4.98 Å². The lowest BCUT2D eigenvalue weighted by Crippen LogP contribution is -2.32. The zero-order chi connectivity index (χ0) is 11.6. The molecule has 0 aromatic heterocycles. The summed E-state index contributed by atoms with van der Waals surface area (Å²) in [6.45, 7) is 8.45. The van der Waals surface area contributed by atoms with E-state index in [9.17, 15) is 10.1 Å². The maximum Gasteiger partial charge on any atom is 0.269 e. The van der Waals surface area contributed by atoms with E-state index in [0.717, 1.165) is 11.3 Å². The second-order valence-corrected chi connectivity index (χ2v) is 9.38. The molecule has 5 heteroatoms. The average Bonchev–Trinajstić information content (AvgIpc) is 2.05. The van der Waals surface area contributed by atoms with Gasteiger partial charge < -0.3 is 4.98 Å². The molecule has 0 bridgehead atoms. The Labute approximate surface area is 90.6 Å². The molecular formula is C10H16N2O2Si. The lowest BCUT2D eigenvalue weighted by molar-refractivity contribution is -0.384. The summed E-state index contributed by atoms with van der Waals surface area (Å²) in [4.78, 5) is 13.6. The van der Waals surface area contributed by atoms with Gasteiger partial charge in [0.25, 0.3) is 5.69 Å². The average molecular weight is 224 g/mol. The SMILES string of the molecule is Cc1cc([N+](=O)[O-])ccc1N[Si](C)(C)C. The monoisotopic (exact) mass is 224 g/mol.